The first-order chi connectivity index (χ1) is 13.2. The molecule has 3 aromatic rings. The molecule has 0 saturated heterocycles. The van der Waals surface area contributed by atoms with Gasteiger partial charge in [-0.25, -0.2) is 14.8 Å². The second kappa shape index (κ2) is 7.74. The highest BCUT2D eigenvalue weighted by Crippen LogP contribution is 2.30. The Morgan fingerprint density at radius 3 is 2.52 bits per heavy atom. The van der Waals surface area contributed by atoms with Gasteiger partial charge in [-0.2, -0.15) is 0 Å². The summed E-state index contributed by atoms with van der Waals surface area (Å²) < 4.78 is 4.83. The number of aromatic nitrogens is 2. The number of ether oxygens (including phenoxy) is 1. The minimum atomic E-state index is -0.368. The predicted molar refractivity (Wildman–Crippen MR) is 107 cm³/mol. The molecular weight excluding hydrogens is 338 g/mol. The molecule has 27 heavy (non-hydrogen) atoms. The number of anilines is 1. The summed E-state index contributed by atoms with van der Waals surface area (Å²) in [5.74, 6) is 0.412. The van der Waals surface area contributed by atoms with E-state index in [2.05, 4.69) is 5.32 Å². The Balaban J connectivity index is 1.80. The standard InChI is InChI=1S/C22H23N3O2/c1-27-22(26)16-12-13-18-19(14-16)25-21(23-17-10-6-3-7-11-17)20(24-18)15-8-4-2-5-9-15/h2,4-5,8-9,12-14,17H,3,6-7,10-11H2,1H3,(H,23,25). The van der Waals surface area contributed by atoms with Crippen molar-refractivity contribution in [1.82, 2.24) is 9.97 Å². The molecule has 1 N–H and O–H groups in total. The zero-order valence-electron chi connectivity index (χ0n) is 15.4. The Kier molecular flexibility index (Phi) is 5.01. The average molecular weight is 361 g/mol. The molecule has 1 aliphatic rings. The molecule has 138 valence electrons. The molecule has 1 fully saturated rings. The molecule has 2 aromatic carbocycles. The van der Waals surface area contributed by atoms with Gasteiger partial charge in [0.1, 0.15) is 5.69 Å². The quantitative estimate of drug-likeness (QED) is 0.675. The fraction of sp³-hybridized carbons (Fsp3) is 0.318. The maximum Gasteiger partial charge on any atom is 0.337 e. The van der Waals surface area contributed by atoms with E-state index in [1.807, 2.05) is 36.4 Å². The molecule has 0 spiro atoms. The normalized spacial score (nSPS) is 14.9. The molecular formula is C22H23N3O2. The molecule has 0 amide bonds. The maximum atomic E-state index is 11.9. The van der Waals surface area contributed by atoms with E-state index in [0.717, 1.165) is 35.4 Å². The van der Waals surface area contributed by atoms with Gasteiger partial charge in [-0.05, 0) is 31.0 Å². The van der Waals surface area contributed by atoms with Gasteiger partial charge in [0.05, 0.1) is 23.7 Å². The van der Waals surface area contributed by atoms with Crippen molar-refractivity contribution < 1.29 is 9.53 Å². The number of hydrogen-bond acceptors (Lipinski definition) is 5. The third-order valence-electron chi connectivity index (χ3n) is 5.08. The summed E-state index contributed by atoms with van der Waals surface area (Å²) in [6, 6.07) is 15.8. The number of esters is 1. The smallest absolute Gasteiger partial charge is 0.337 e. The van der Waals surface area contributed by atoms with Crippen LogP contribution in [0.3, 0.4) is 0 Å². The van der Waals surface area contributed by atoms with Gasteiger partial charge in [-0.1, -0.05) is 49.6 Å². The minimum Gasteiger partial charge on any atom is -0.465 e. The van der Waals surface area contributed by atoms with Crippen LogP contribution in [-0.4, -0.2) is 29.1 Å². The van der Waals surface area contributed by atoms with E-state index in [9.17, 15) is 4.79 Å². The van der Waals surface area contributed by atoms with Crippen LogP contribution in [0.4, 0.5) is 5.82 Å². The molecule has 4 rings (SSSR count). The van der Waals surface area contributed by atoms with Crippen LogP contribution in [0, 0.1) is 0 Å². The van der Waals surface area contributed by atoms with Crippen molar-refractivity contribution in [3.05, 3.63) is 54.1 Å². The zero-order chi connectivity index (χ0) is 18.6. The van der Waals surface area contributed by atoms with E-state index in [0.29, 0.717) is 17.1 Å². The third-order valence-corrected chi connectivity index (χ3v) is 5.08. The number of nitrogens with one attached hydrogen (secondary N) is 1. The second-order valence-corrected chi connectivity index (χ2v) is 6.96. The highest BCUT2D eigenvalue weighted by Gasteiger charge is 2.18. The van der Waals surface area contributed by atoms with Crippen LogP contribution >= 0.6 is 0 Å². The predicted octanol–water partition coefficient (Wildman–Crippen LogP) is 4.83. The molecule has 0 radical (unpaired) electrons. The van der Waals surface area contributed by atoms with Gasteiger partial charge in [-0.15, -0.1) is 0 Å². The van der Waals surface area contributed by atoms with Crippen molar-refractivity contribution in [2.75, 3.05) is 12.4 Å². The third kappa shape index (κ3) is 3.77. The lowest BCUT2D eigenvalue weighted by atomic mass is 9.95. The van der Waals surface area contributed by atoms with Crippen molar-refractivity contribution in [1.29, 1.82) is 0 Å². The molecule has 1 aromatic heterocycles. The van der Waals surface area contributed by atoms with Gasteiger partial charge >= 0.3 is 5.97 Å². The Morgan fingerprint density at radius 1 is 1.00 bits per heavy atom. The number of fused-ring (bicyclic) bond motifs is 1. The average Bonchev–Trinajstić information content (AvgIpc) is 2.73. The number of methoxy groups -OCH3 is 1. The van der Waals surface area contributed by atoms with E-state index < -0.39 is 0 Å². The van der Waals surface area contributed by atoms with Crippen molar-refractivity contribution >= 4 is 22.8 Å². The lowest BCUT2D eigenvalue weighted by Gasteiger charge is -2.24. The fourth-order valence-corrected chi connectivity index (χ4v) is 3.64. The topological polar surface area (TPSA) is 64.1 Å². The molecule has 1 aliphatic carbocycles. The highest BCUT2D eigenvalue weighted by atomic mass is 16.5. The summed E-state index contributed by atoms with van der Waals surface area (Å²) >= 11 is 0. The van der Waals surface area contributed by atoms with Crippen LogP contribution in [-0.2, 0) is 4.74 Å². The molecule has 0 bridgehead atoms. The maximum absolute atomic E-state index is 11.9. The van der Waals surface area contributed by atoms with Crippen molar-refractivity contribution in [3.63, 3.8) is 0 Å². The number of rotatable bonds is 4. The lowest BCUT2D eigenvalue weighted by molar-refractivity contribution is 0.0601. The van der Waals surface area contributed by atoms with Crippen LogP contribution in [0.15, 0.2) is 48.5 Å². The van der Waals surface area contributed by atoms with Crippen LogP contribution in [0.1, 0.15) is 42.5 Å². The van der Waals surface area contributed by atoms with E-state index >= 15 is 0 Å². The number of hydrogen-bond donors (Lipinski definition) is 1. The molecule has 5 heteroatoms. The first-order valence-electron chi connectivity index (χ1n) is 9.46. The molecule has 5 nitrogen and oxygen atoms in total. The van der Waals surface area contributed by atoms with Gasteiger partial charge in [-0.3, -0.25) is 0 Å². The van der Waals surface area contributed by atoms with E-state index in [-0.39, 0.29) is 5.97 Å². The second-order valence-electron chi connectivity index (χ2n) is 6.96. The summed E-state index contributed by atoms with van der Waals surface area (Å²) in [4.78, 5) is 21.6. The van der Waals surface area contributed by atoms with Crippen molar-refractivity contribution in [3.8, 4) is 11.3 Å². The largest absolute Gasteiger partial charge is 0.465 e. The van der Waals surface area contributed by atoms with Crippen molar-refractivity contribution in [2.24, 2.45) is 0 Å². The summed E-state index contributed by atoms with van der Waals surface area (Å²) in [5.41, 5.74) is 3.81. The fourth-order valence-electron chi connectivity index (χ4n) is 3.64. The summed E-state index contributed by atoms with van der Waals surface area (Å²) in [6.45, 7) is 0. The number of nitrogens with zero attached hydrogens (tertiary/aromatic N) is 2. The van der Waals surface area contributed by atoms with Gasteiger partial charge in [0.2, 0.25) is 0 Å². The first kappa shape index (κ1) is 17.5. The van der Waals surface area contributed by atoms with Gasteiger partial charge < -0.3 is 10.1 Å². The van der Waals surface area contributed by atoms with Crippen LogP contribution in [0.2, 0.25) is 0 Å². The molecule has 1 saturated carbocycles. The van der Waals surface area contributed by atoms with Crippen LogP contribution in [0.5, 0.6) is 0 Å². The number of benzene rings is 2. The molecule has 0 atom stereocenters. The van der Waals surface area contributed by atoms with Crippen LogP contribution in [0.25, 0.3) is 22.3 Å². The molecule has 0 aliphatic heterocycles. The molecule has 1 heterocycles. The van der Waals surface area contributed by atoms with Gasteiger partial charge in [0, 0.05) is 11.6 Å². The van der Waals surface area contributed by atoms with E-state index in [1.165, 1.54) is 26.4 Å². The number of carbonyl (C=O) groups excluding carboxylic acids is 1. The summed E-state index contributed by atoms with van der Waals surface area (Å²) in [5, 5.41) is 3.61. The van der Waals surface area contributed by atoms with Crippen LogP contribution < -0.4 is 5.32 Å². The summed E-state index contributed by atoms with van der Waals surface area (Å²) in [6.07, 6.45) is 6.08. The van der Waals surface area contributed by atoms with Gasteiger partial charge in [0.15, 0.2) is 5.82 Å². The summed E-state index contributed by atoms with van der Waals surface area (Å²) in [7, 11) is 1.38. The van der Waals surface area contributed by atoms with Gasteiger partial charge in [0.25, 0.3) is 0 Å². The van der Waals surface area contributed by atoms with E-state index in [4.69, 9.17) is 14.7 Å². The zero-order valence-corrected chi connectivity index (χ0v) is 15.4. The monoisotopic (exact) mass is 361 g/mol. The van der Waals surface area contributed by atoms with Crippen molar-refractivity contribution in [2.45, 2.75) is 38.1 Å². The lowest BCUT2D eigenvalue weighted by Crippen LogP contribution is -2.23. The number of carbonyl (C=O) groups is 1. The van der Waals surface area contributed by atoms with E-state index in [1.54, 1.807) is 12.1 Å². The SMILES string of the molecule is COC(=O)c1ccc2nc(-c3ccccc3)c(NC3CCCCC3)nc2c1. The highest BCUT2D eigenvalue weighted by molar-refractivity contribution is 5.94. The Morgan fingerprint density at radius 2 is 1.78 bits per heavy atom. The Labute approximate surface area is 158 Å². The molecule has 0 unspecified atom stereocenters. The first-order valence-corrected chi connectivity index (χ1v) is 9.46. The minimum absolute atomic E-state index is 0.368. The Hall–Kier alpha value is -2.95. The Bertz CT molecular complexity index is 950.